The minimum Gasteiger partial charge on any atom is -0.456 e. The summed E-state index contributed by atoms with van der Waals surface area (Å²) < 4.78 is 15.4. The van der Waals surface area contributed by atoms with E-state index in [-0.39, 0.29) is 0 Å². The molecule has 15 aromatic rings. The monoisotopic (exact) mass is 868 g/mol. The molecule has 0 unspecified atom stereocenters. The van der Waals surface area contributed by atoms with Crippen molar-refractivity contribution in [2.45, 2.75) is 0 Å². The predicted octanol–water partition coefficient (Wildman–Crippen LogP) is 19.1. The lowest BCUT2D eigenvalue weighted by Crippen LogP contribution is -1.92. The minimum absolute atomic E-state index is 0.905. The standard InChI is InChI=1S/C64H36O2S/c1-3-18-40-38(16-1)58(39-17-2-4-19-41(39)59(40)49-26-13-31-54-62(49)46-24-9-11-29-52(46)65-54)37-34-35-48-57(36-37)67-56-33-15-28-51(64(48)56)61-44-22-7-5-20-42(44)60(43-21-6-8-23-45(43)61)50-27-14-32-55-63(50)47-25-10-12-30-53(47)66-55/h1-36H. The van der Waals surface area contributed by atoms with Gasteiger partial charge in [-0.25, -0.2) is 0 Å². The van der Waals surface area contributed by atoms with E-state index in [9.17, 15) is 0 Å². The van der Waals surface area contributed by atoms with E-state index in [0.29, 0.717) is 0 Å². The van der Waals surface area contributed by atoms with Crippen molar-refractivity contribution >= 4 is 118 Å². The molecule has 0 aliphatic carbocycles. The molecular formula is C64H36O2S. The van der Waals surface area contributed by atoms with E-state index in [4.69, 9.17) is 8.83 Å². The molecule has 2 nitrogen and oxygen atoms in total. The van der Waals surface area contributed by atoms with Crippen LogP contribution in [-0.4, -0.2) is 0 Å². The molecule has 0 saturated heterocycles. The Morgan fingerprint density at radius 1 is 0.239 bits per heavy atom. The Hall–Kier alpha value is -8.50. The van der Waals surface area contributed by atoms with Crippen LogP contribution in [0.3, 0.4) is 0 Å². The molecule has 0 fully saturated rings. The van der Waals surface area contributed by atoms with Crippen molar-refractivity contribution in [1.29, 1.82) is 0 Å². The van der Waals surface area contributed by atoms with Crippen LogP contribution in [0.2, 0.25) is 0 Å². The van der Waals surface area contributed by atoms with Gasteiger partial charge in [-0.2, -0.15) is 0 Å². The van der Waals surface area contributed by atoms with Gasteiger partial charge in [0.15, 0.2) is 0 Å². The number of hydrogen-bond acceptors (Lipinski definition) is 3. The Morgan fingerprint density at radius 2 is 0.597 bits per heavy atom. The molecule has 0 amide bonds. The van der Waals surface area contributed by atoms with Crippen LogP contribution in [0.15, 0.2) is 227 Å². The Bertz CT molecular complexity index is 4470. The smallest absolute Gasteiger partial charge is 0.136 e. The van der Waals surface area contributed by atoms with E-state index in [1.54, 1.807) is 0 Å². The molecule has 0 bridgehead atoms. The first kappa shape index (κ1) is 36.8. The third-order valence-electron chi connectivity index (χ3n) is 14.3. The second-order valence-corrected chi connectivity index (χ2v) is 18.8. The van der Waals surface area contributed by atoms with Gasteiger partial charge in [0, 0.05) is 41.7 Å². The number of rotatable bonds is 4. The molecule has 0 saturated carbocycles. The summed E-state index contributed by atoms with van der Waals surface area (Å²) >= 11 is 1.89. The van der Waals surface area contributed by atoms with Crippen molar-refractivity contribution in [3.05, 3.63) is 218 Å². The van der Waals surface area contributed by atoms with Gasteiger partial charge in [-0.3, -0.25) is 0 Å². The first-order valence-corrected chi connectivity index (χ1v) is 23.7. The normalized spacial score (nSPS) is 12.2. The summed E-state index contributed by atoms with van der Waals surface area (Å²) in [4.78, 5) is 0. The number of fused-ring (bicyclic) bond motifs is 13. The Balaban J connectivity index is 0.965. The van der Waals surface area contributed by atoms with Crippen LogP contribution in [0.4, 0.5) is 0 Å². The van der Waals surface area contributed by atoms with Gasteiger partial charge in [-0.05, 0) is 124 Å². The van der Waals surface area contributed by atoms with Gasteiger partial charge in [0.2, 0.25) is 0 Å². The number of thiophene rings is 1. The quantitative estimate of drug-likeness (QED) is 0.165. The summed E-state index contributed by atoms with van der Waals surface area (Å²) in [5.74, 6) is 0. The number of benzene rings is 12. The average Bonchev–Trinajstić information content (AvgIpc) is 4.09. The molecule has 0 atom stereocenters. The lowest BCUT2D eigenvalue weighted by atomic mass is 9.83. The maximum atomic E-state index is 6.44. The first-order chi connectivity index (χ1) is 33.3. The van der Waals surface area contributed by atoms with Crippen molar-refractivity contribution in [3.8, 4) is 44.5 Å². The van der Waals surface area contributed by atoms with E-state index >= 15 is 0 Å². The lowest BCUT2D eigenvalue weighted by molar-refractivity contribution is 0.668. The van der Waals surface area contributed by atoms with Gasteiger partial charge in [-0.15, -0.1) is 11.3 Å². The van der Waals surface area contributed by atoms with Crippen LogP contribution in [-0.2, 0) is 0 Å². The molecule has 67 heavy (non-hydrogen) atoms. The molecule has 3 heterocycles. The first-order valence-electron chi connectivity index (χ1n) is 22.9. The van der Waals surface area contributed by atoms with E-state index in [1.165, 1.54) is 108 Å². The van der Waals surface area contributed by atoms with Crippen molar-refractivity contribution in [1.82, 2.24) is 0 Å². The van der Waals surface area contributed by atoms with Crippen molar-refractivity contribution in [2.75, 3.05) is 0 Å². The third-order valence-corrected chi connectivity index (χ3v) is 15.4. The largest absolute Gasteiger partial charge is 0.456 e. The average molecular weight is 869 g/mol. The van der Waals surface area contributed by atoms with Gasteiger partial charge in [-0.1, -0.05) is 182 Å². The summed E-state index contributed by atoms with van der Waals surface area (Å²) in [5, 5.41) is 17.0. The fraction of sp³-hybridized carbons (Fsp3) is 0. The van der Waals surface area contributed by atoms with Gasteiger partial charge < -0.3 is 8.83 Å². The van der Waals surface area contributed by atoms with Crippen LogP contribution in [0.5, 0.6) is 0 Å². The molecule has 12 aromatic carbocycles. The summed E-state index contributed by atoms with van der Waals surface area (Å²) in [6.45, 7) is 0. The second kappa shape index (κ2) is 14.0. The third kappa shape index (κ3) is 5.20. The number of para-hydroxylation sites is 2. The molecule has 3 heteroatoms. The highest BCUT2D eigenvalue weighted by Crippen LogP contribution is 2.52. The van der Waals surface area contributed by atoms with Crippen LogP contribution < -0.4 is 0 Å². The summed E-state index contributed by atoms with van der Waals surface area (Å²) in [5.41, 5.74) is 13.5. The number of hydrogen-bond donors (Lipinski definition) is 0. The minimum atomic E-state index is 0.905. The van der Waals surface area contributed by atoms with Crippen LogP contribution in [0.1, 0.15) is 0 Å². The van der Waals surface area contributed by atoms with Gasteiger partial charge in [0.1, 0.15) is 22.3 Å². The summed E-state index contributed by atoms with van der Waals surface area (Å²) in [7, 11) is 0. The molecular weight excluding hydrogens is 833 g/mol. The Labute approximate surface area is 388 Å². The zero-order valence-corrected chi connectivity index (χ0v) is 36.8. The lowest BCUT2D eigenvalue weighted by Gasteiger charge is -2.19. The van der Waals surface area contributed by atoms with Gasteiger partial charge >= 0.3 is 0 Å². The van der Waals surface area contributed by atoms with Crippen molar-refractivity contribution in [3.63, 3.8) is 0 Å². The maximum absolute atomic E-state index is 6.44. The van der Waals surface area contributed by atoms with E-state index in [2.05, 4.69) is 206 Å². The zero-order chi connectivity index (χ0) is 43.7. The maximum Gasteiger partial charge on any atom is 0.136 e. The van der Waals surface area contributed by atoms with E-state index < -0.39 is 0 Å². The topological polar surface area (TPSA) is 26.3 Å². The SMILES string of the molecule is c1ccc2c(c1)oc1cccc(-c3c4ccccc4c(-c4ccc5c(c4)sc4cccc(-c6c7ccccc7c(-c7cccc8oc9ccccc9c78)c7ccccc67)c45)c4ccccc34)c12. The van der Waals surface area contributed by atoms with Crippen LogP contribution in [0.25, 0.3) is 152 Å². The molecule has 15 rings (SSSR count). The molecule has 0 aliphatic rings. The molecule has 310 valence electrons. The van der Waals surface area contributed by atoms with Crippen LogP contribution >= 0.6 is 11.3 Å². The Kier molecular flexibility index (Phi) is 7.69. The van der Waals surface area contributed by atoms with Gasteiger partial charge in [0.25, 0.3) is 0 Å². The number of furan rings is 2. The zero-order valence-electron chi connectivity index (χ0n) is 36.0. The van der Waals surface area contributed by atoms with Crippen molar-refractivity contribution < 1.29 is 8.83 Å². The van der Waals surface area contributed by atoms with E-state index in [0.717, 1.165) is 43.9 Å². The van der Waals surface area contributed by atoms with Gasteiger partial charge in [0.05, 0.1) is 0 Å². The second-order valence-electron chi connectivity index (χ2n) is 17.7. The highest BCUT2D eigenvalue weighted by Gasteiger charge is 2.24. The predicted molar refractivity (Wildman–Crippen MR) is 286 cm³/mol. The highest BCUT2D eigenvalue weighted by molar-refractivity contribution is 7.26. The highest BCUT2D eigenvalue weighted by atomic mass is 32.1. The Morgan fingerprint density at radius 3 is 1.04 bits per heavy atom. The van der Waals surface area contributed by atoms with Crippen LogP contribution in [0, 0.1) is 0 Å². The molecule has 3 aromatic heterocycles. The molecule has 0 aliphatic heterocycles. The molecule has 0 spiro atoms. The summed E-state index contributed by atoms with van der Waals surface area (Å²) in [6, 6.07) is 79.7. The summed E-state index contributed by atoms with van der Waals surface area (Å²) in [6.07, 6.45) is 0. The fourth-order valence-corrected chi connectivity index (χ4v) is 12.8. The molecule has 0 radical (unpaired) electrons. The molecule has 0 N–H and O–H groups in total. The van der Waals surface area contributed by atoms with E-state index in [1.807, 2.05) is 23.5 Å². The fourth-order valence-electron chi connectivity index (χ4n) is 11.6. The van der Waals surface area contributed by atoms with Crippen molar-refractivity contribution in [2.24, 2.45) is 0 Å².